The summed E-state index contributed by atoms with van der Waals surface area (Å²) in [5.41, 5.74) is 1.53. The van der Waals surface area contributed by atoms with E-state index in [1.165, 1.54) is 6.07 Å². The maximum atomic E-state index is 13.0. The fraction of sp³-hybridized carbons (Fsp3) is 0.500. The van der Waals surface area contributed by atoms with Crippen LogP contribution in [0.2, 0.25) is 0 Å². The highest BCUT2D eigenvalue weighted by Gasteiger charge is 2.12. The second-order valence-corrected chi connectivity index (χ2v) is 4.07. The first-order valence-corrected chi connectivity index (χ1v) is 5.17. The molecule has 84 valence electrons. The summed E-state index contributed by atoms with van der Waals surface area (Å²) >= 11 is 0. The molecule has 0 fully saturated rings. The molecule has 0 radical (unpaired) electrons. The Bertz CT molecular complexity index is 325. The first-order valence-electron chi connectivity index (χ1n) is 5.17. The standard InChI is InChI=1S/C12H18FNO/c1-8(2)14-12(7-15)10-4-5-11(13)9(3)6-10/h4-6,8,12,14-15H,7H2,1-3H3. The van der Waals surface area contributed by atoms with Gasteiger partial charge in [-0.15, -0.1) is 0 Å². The highest BCUT2D eigenvalue weighted by Crippen LogP contribution is 2.16. The fourth-order valence-corrected chi connectivity index (χ4v) is 1.54. The summed E-state index contributed by atoms with van der Waals surface area (Å²) in [6.07, 6.45) is 0. The first kappa shape index (κ1) is 12.1. The van der Waals surface area contributed by atoms with E-state index in [9.17, 15) is 9.50 Å². The molecule has 2 N–H and O–H groups in total. The highest BCUT2D eigenvalue weighted by molar-refractivity contribution is 5.26. The predicted octanol–water partition coefficient (Wildman–Crippen LogP) is 2.17. The summed E-state index contributed by atoms with van der Waals surface area (Å²) in [6, 6.07) is 5.08. The molecule has 1 aromatic rings. The Morgan fingerprint density at radius 1 is 1.40 bits per heavy atom. The van der Waals surface area contributed by atoms with Crippen LogP contribution in [-0.4, -0.2) is 17.8 Å². The molecule has 0 aliphatic heterocycles. The molecule has 15 heavy (non-hydrogen) atoms. The minimum atomic E-state index is -0.208. The number of aliphatic hydroxyl groups excluding tert-OH is 1. The van der Waals surface area contributed by atoms with Crippen LogP contribution in [0.1, 0.15) is 31.0 Å². The third kappa shape index (κ3) is 3.29. The van der Waals surface area contributed by atoms with Gasteiger partial charge in [0.15, 0.2) is 0 Å². The number of nitrogens with one attached hydrogen (secondary N) is 1. The van der Waals surface area contributed by atoms with Crippen molar-refractivity contribution in [2.24, 2.45) is 0 Å². The predicted molar refractivity (Wildman–Crippen MR) is 59.2 cm³/mol. The summed E-state index contributed by atoms with van der Waals surface area (Å²) in [6.45, 7) is 5.77. The number of aliphatic hydroxyl groups is 1. The van der Waals surface area contributed by atoms with Crippen LogP contribution in [0.25, 0.3) is 0 Å². The Kier molecular flexibility index (Phi) is 4.24. The van der Waals surface area contributed by atoms with Crippen LogP contribution < -0.4 is 5.32 Å². The molecule has 1 aromatic carbocycles. The maximum absolute atomic E-state index is 13.0. The highest BCUT2D eigenvalue weighted by atomic mass is 19.1. The van der Waals surface area contributed by atoms with Gasteiger partial charge in [-0.25, -0.2) is 4.39 Å². The smallest absolute Gasteiger partial charge is 0.126 e. The molecular weight excluding hydrogens is 193 g/mol. The van der Waals surface area contributed by atoms with Gasteiger partial charge in [-0.05, 0) is 24.1 Å². The number of hydrogen-bond acceptors (Lipinski definition) is 2. The van der Waals surface area contributed by atoms with Crippen molar-refractivity contribution >= 4 is 0 Å². The number of hydrogen-bond donors (Lipinski definition) is 2. The van der Waals surface area contributed by atoms with Crippen molar-refractivity contribution in [1.82, 2.24) is 5.32 Å². The minimum Gasteiger partial charge on any atom is -0.394 e. The summed E-state index contributed by atoms with van der Waals surface area (Å²) in [5, 5.41) is 12.5. The van der Waals surface area contributed by atoms with Gasteiger partial charge in [0.05, 0.1) is 12.6 Å². The second kappa shape index (κ2) is 5.24. The van der Waals surface area contributed by atoms with Crippen LogP contribution in [0.4, 0.5) is 4.39 Å². The van der Waals surface area contributed by atoms with Gasteiger partial charge in [0.2, 0.25) is 0 Å². The molecule has 0 aliphatic carbocycles. The van der Waals surface area contributed by atoms with E-state index in [-0.39, 0.29) is 24.5 Å². The maximum Gasteiger partial charge on any atom is 0.126 e. The van der Waals surface area contributed by atoms with E-state index in [2.05, 4.69) is 5.32 Å². The van der Waals surface area contributed by atoms with Crippen molar-refractivity contribution in [3.63, 3.8) is 0 Å². The van der Waals surface area contributed by atoms with Crippen LogP contribution >= 0.6 is 0 Å². The van der Waals surface area contributed by atoms with Crippen LogP contribution in [0, 0.1) is 12.7 Å². The van der Waals surface area contributed by atoms with Crippen LogP contribution in [0.15, 0.2) is 18.2 Å². The Balaban J connectivity index is 2.87. The Labute approximate surface area is 90.1 Å². The average Bonchev–Trinajstić information content (AvgIpc) is 2.18. The van der Waals surface area contributed by atoms with E-state index in [1.807, 2.05) is 13.8 Å². The van der Waals surface area contributed by atoms with E-state index in [0.29, 0.717) is 5.56 Å². The lowest BCUT2D eigenvalue weighted by atomic mass is 10.0. The fourth-order valence-electron chi connectivity index (χ4n) is 1.54. The van der Waals surface area contributed by atoms with Crippen molar-refractivity contribution in [3.8, 4) is 0 Å². The molecule has 1 unspecified atom stereocenters. The second-order valence-electron chi connectivity index (χ2n) is 4.07. The van der Waals surface area contributed by atoms with Gasteiger partial charge in [0.25, 0.3) is 0 Å². The minimum absolute atomic E-state index is 0.0171. The lowest BCUT2D eigenvalue weighted by Crippen LogP contribution is -2.30. The molecule has 0 aromatic heterocycles. The molecule has 0 amide bonds. The summed E-state index contributed by atoms with van der Waals surface area (Å²) in [7, 11) is 0. The number of benzene rings is 1. The van der Waals surface area contributed by atoms with Gasteiger partial charge in [-0.3, -0.25) is 0 Å². The molecule has 0 heterocycles. The van der Waals surface area contributed by atoms with Crippen LogP contribution in [0.3, 0.4) is 0 Å². The zero-order valence-electron chi connectivity index (χ0n) is 9.42. The van der Waals surface area contributed by atoms with Crippen molar-refractivity contribution in [2.45, 2.75) is 32.9 Å². The Hall–Kier alpha value is -0.930. The van der Waals surface area contributed by atoms with Crippen LogP contribution in [-0.2, 0) is 0 Å². The summed E-state index contributed by atoms with van der Waals surface area (Å²) in [4.78, 5) is 0. The monoisotopic (exact) mass is 211 g/mol. The molecule has 2 nitrogen and oxygen atoms in total. The van der Waals surface area contributed by atoms with Crippen LogP contribution in [0.5, 0.6) is 0 Å². The zero-order chi connectivity index (χ0) is 11.4. The van der Waals surface area contributed by atoms with Gasteiger partial charge < -0.3 is 10.4 Å². The van der Waals surface area contributed by atoms with Gasteiger partial charge in [-0.1, -0.05) is 26.0 Å². The Morgan fingerprint density at radius 3 is 2.53 bits per heavy atom. The van der Waals surface area contributed by atoms with Gasteiger partial charge in [-0.2, -0.15) is 0 Å². The van der Waals surface area contributed by atoms with Gasteiger partial charge in [0, 0.05) is 6.04 Å². The van der Waals surface area contributed by atoms with Crippen molar-refractivity contribution < 1.29 is 9.50 Å². The average molecular weight is 211 g/mol. The molecule has 1 atom stereocenters. The number of aryl methyl sites for hydroxylation is 1. The molecule has 3 heteroatoms. The molecule has 0 spiro atoms. The first-order chi connectivity index (χ1) is 7.04. The van der Waals surface area contributed by atoms with Crippen molar-refractivity contribution in [3.05, 3.63) is 35.1 Å². The lowest BCUT2D eigenvalue weighted by molar-refractivity contribution is 0.237. The largest absolute Gasteiger partial charge is 0.394 e. The summed E-state index contributed by atoms with van der Waals surface area (Å²) in [5.74, 6) is -0.208. The number of halogens is 1. The summed E-state index contributed by atoms with van der Waals surface area (Å²) < 4.78 is 13.0. The molecule has 0 aliphatic rings. The van der Waals surface area contributed by atoms with E-state index in [1.54, 1.807) is 19.1 Å². The topological polar surface area (TPSA) is 32.3 Å². The van der Waals surface area contributed by atoms with E-state index in [0.717, 1.165) is 5.56 Å². The normalized spacial score (nSPS) is 13.2. The third-order valence-corrected chi connectivity index (χ3v) is 2.30. The van der Waals surface area contributed by atoms with Crippen molar-refractivity contribution in [1.29, 1.82) is 0 Å². The van der Waals surface area contributed by atoms with E-state index < -0.39 is 0 Å². The zero-order valence-corrected chi connectivity index (χ0v) is 9.42. The van der Waals surface area contributed by atoms with E-state index >= 15 is 0 Å². The molecular formula is C12H18FNO. The molecule has 0 saturated heterocycles. The lowest BCUT2D eigenvalue weighted by Gasteiger charge is -2.19. The third-order valence-electron chi connectivity index (χ3n) is 2.30. The Morgan fingerprint density at radius 2 is 2.07 bits per heavy atom. The quantitative estimate of drug-likeness (QED) is 0.800. The molecule has 0 saturated carbocycles. The van der Waals surface area contributed by atoms with E-state index in [4.69, 9.17) is 0 Å². The van der Waals surface area contributed by atoms with Gasteiger partial charge in [0.1, 0.15) is 5.82 Å². The SMILES string of the molecule is Cc1cc(C(CO)NC(C)C)ccc1F. The molecule has 1 rings (SSSR count). The van der Waals surface area contributed by atoms with Gasteiger partial charge >= 0.3 is 0 Å². The van der Waals surface area contributed by atoms with Crippen molar-refractivity contribution in [2.75, 3.05) is 6.61 Å². The number of rotatable bonds is 4. The molecule has 0 bridgehead atoms.